The highest BCUT2D eigenvalue weighted by atomic mass is 16.6. The number of ether oxygens (including phenoxy) is 1. The molecule has 1 aromatic carbocycles. The maximum absolute atomic E-state index is 12.4. The molecule has 1 aliphatic rings. The second-order valence-corrected chi connectivity index (χ2v) is 4.91. The number of benzene rings is 1. The van der Waals surface area contributed by atoms with Crippen molar-refractivity contribution in [1.82, 2.24) is 0 Å². The number of carbonyl (C=O) groups excluding carboxylic acids is 2. The van der Waals surface area contributed by atoms with Gasteiger partial charge < -0.3 is 9.15 Å². The average Bonchev–Trinajstić information content (AvgIpc) is 3.16. The van der Waals surface area contributed by atoms with Gasteiger partial charge in [-0.3, -0.25) is 19.7 Å². The topological polar surface area (TPSA) is 99.7 Å². The van der Waals surface area contributed by atoms with E-state index in [0.29, 0.717) is 5.56 Å². The van der Waals surface area contributed by atoms with Crippen LogP contribution < -0.4 is 0 Å². The molecule has 0 spiro atoms. The highest BCUT2D eigenvalue weighted by molar-refractivity contribution is 5.98. The molecule has 7 heteroatoms. The molecule has 1 aliphatic heterocycles. The van der Waals surface area contributed by atoms with E-state index in [9.17, 15) is 19.7 Å². The Balaban J connectivity index is 1.89. The van der Waals surface area contributed by atoms with Gasteiger partial charge in [-0.15, -0.1) is 0 Å². The number of nitro groups is 1. The van der Waals surface area contributed by atoms with Gasteiger partial charge in [0.15, 0.2) is 5.76 Å². The number of cyclic esters (lactones) is 1. The second-order valence-electron chi connectivity index (χ2n) is 4.91. The van der Waals surface area contributed by atoms with Gasteiger partial charge >= 0.3 is 5.97 Å². The van der Waals surface area contributed by atoms with Gasteiger partial charge in [0.1, 0.15) is 6.10 Å². The summed E-state index contributed by atoms with van der Waals surface area (Å²) >= 11 is 0. The number of esters is 1. The summed E-state index contributed by atoms with van der Waals surface area (Å²) in [6, 6.07) is 8.73. The Morgan fingerprint density at radius 2 is 1.95 bits per heavy atom. The van der Waals surface area contributed by atoms with Crippen molar-refractivity contribution in [3.8, 4) is 0 Å². The van der Waals surface area contributed by atoms with Gasteiger partial charge in [-0.1, -0.05) is 0 Å². The Morgan fingerprint density at radius 1 is 1.23 bits per heavy atom. The van der Waals surface area contributed by atoms with E-state index in [1.807, 2.05) is 0 Å². The van der Waals surface area contributed by atoms with Gasteiger partial charge in [0, 0.05) is 12.1 Å². The third-order valence-corrected chi connectivity index (χ3v) is 3.54. The molecule has 1 fully saturated rings. The molecule has 3 rings (SSSR count). The van der Waals surface area contributed by atoms with E-state index in [4.69, 9.17) is 9.15 Å². The SMILES string of the molecule is O=C1C[C@H](C(=O)c2ccco2)[C@@H](c2ccc([N+](=O)[O-])cc2)O1. The smallest absolute Gasteiger partial charge is 0.307 e. The molecule has 1 saturated heterocycles. The van der Waals surface area contributed by atoms with Crippen LogP contribution in [0.3, 0.4) is 0 Å². The predicted octanol–water partition coefficient (Wildman–Crippen LogP) is 2.67. The number of ketones is 1. The van der Waals surface area contributed by atoms with Crippen LogP contribution in [-0.4, -0.2) is 16.7 Å². The molecular formula is C15H11NO6. The lowest BCUT2D eigenvalue weighted by atomic mass is 9.90. The molecular weight excluding hydrogens is 290 g/mol. The molecule has 0 amide bonds. The van der Waals surface area contributed by atoms with E-state index in [1.54, 1.807) is 6.07 Å². The number of carbonyl (C=O) groups is 2. The lowest BCUT2D eigenvalue weighted by Gasteiger charge is -2.15. The van der Waals surface area contributed by atoms with Crippen LogP contribution in [0.2, 0.25) is 0 Å². The van der Waals surface area contributed by atoms with Crippen molar-refractivity contribution in [1.29, 1.82) is 0 Å². The molecule has 112 valence electrons. The van der Waals surface area contributed by atoms with Gasteiger partial charge in [0.2, 0.25) is 5.78 Å². The molecule has 1 aromatic heterocycles. The van der Waals surface area contributed by atoms with Crippen molar-refractivity contribution < 1.29 is 23.7 Å². The normalized spacial score (nSPS) is 20.6. The number of nitrogens with zero attached hydrogens (tertiary/aromatic N) is 1. The van der Waals surface area contributed by atoms with Crippen LogP contribution in [0.15, 0.2) is 47.1 Å². The number of hydrogen-bond donors (Lipinski definition) is 0. The minimum Gasteiger partial charge on any atom is -0.461 e. The molecule has 7 nitrogen and oxygen atoms in total. The van der Waals surface area contributed by atoms with E-state index < -0.39 is 22.9 Å². The highest BCUT2D eigenvalue weighted by Crippen LogP contribution is 2.38. The Labute approximate surface area is 124 Å². The monoisotopic (exact) mass is 301 g/mol. The lowest BCUT2D eigenvalue weighted by Crippen LogP contribution is -2.18. The minimum atomic E-state index is -0.758. The molecule has 2 aromatic rings. The summed E-state index contributed by atoms with van der Waals surface area (Å²) in [7, 11) is 0. The minimum absolute atomic E-state index is 0.0405. The van der Waals surface area contributed by atoms with Crippen LogP contribution in [0.1, 0.15) is 28.6 Å². The van der Waals surface area contributed by atoms with Crippen LogP contribution in [0.5, 0.6) is 0 Å². The summed E-state index contributed by atoms with van der Waals surface area (Å²) in [6.45, 7) is 0. The van der Waals surface area contributed by atoms with Crippen molar-refractivity contribution >= 4 is 17.4 Å². The van der Waals surface area contributed by atoms with Crippen molar-refractivity contribution in [3.05, 3.63) is 64.1 Å². The first-order valence-electron chi connectivity index (χ1n) is 6.58. The molecule has 0 bridgehead atoms. The van der Waals surface area contributed by atoms with E-state index in [2.05, 4.69) is 0 Å². The summed E-state index contributed by atoms with van der Waals surface area (Å²) in [4.78, 5) is 34.1. The molecule has 22 heavy (non-hydrogen) atoms. The lowest BCUT2D eigenvalue weighted by molar-refractivity contribution is -0.384. The zero-order chi connectivity index (χ0) is 15.7. The quantitative estimate of drug-likeness (QED) is 0.372. The predicted molar refractivity (Wildman–Crippen MR) is 73.1 cm³/mol. The van der Waals surface area contributed by atoms with E-state index in [0.717, 1.165) is 0 Å². The standard InChI is InChI=1S/C15H11NO6/c17-13-8-11(14(18)12-2-1-7-21-12)15(22-13)9-3-5-10(6-4-9)16(19)20/h1-7,11,15H,8H2/t11-,15-/m1/s1. The van der Waals surface area contributed by atoms with Gasteiger partial charge in [-0.25, -0.2) is 0 Å². The number of rotatable bonds is 4. The van der Waals surface area contributed by atoms with Crippen LogP contribution >= 0.6 is 0 Å². The molecule has 2 atom stereocenters. The van der Waals surface area contributed by atoms with Crippen LogP contribution in [0.25, 0.3) is 0 Å². The van der Waals surface area contributed by atoms with Crippen LogP contribution in [-0.2, 0) is 9.53 Å². The fourth-order valence-corrected chi connectivity index (χ4v) is 2.48. The molecule has 0 saturated carbocycles. The zero-order valence-electron chi connectivity index (χ0n) is 11.3. The maximum Gasteiger partial charge on any atom is 0.307 e. The summed E-state index contributed by atoms with van der Waals surface area (Å²) < 4.78 is 10.3. The first-order valence-corrected chi connectivity index (χ1v) is 6.58. The van der Waals surface area contributed by atoms with E-state index in [1.165, 1.54) is 36.6 Å². The molecule has 0 N–H and O–H groups in total. The second kappa shape index (κ2) is 5.44. The Morgan fingerprint density at radius 3 is 2.55 bits per heavy atom. The van der Waals surface area contributed by atoms with Crippen molar-refractivity contribution in [3.63, 3.8) is 0 Å². The van der Waals surface area contributed by atoms with Gasteiger partial charge in [0.05, 0.1) is 23.5 Å². The van der Waals surface area contributed by atoms with Crippen molar-refractivity contribution in [2.75, 3.05) is 0 Å². The fraction of sp³-hybridized carbons (Fsp3) is 0.200. The van der Waals surface area contributed by atoms with Crippen LogP contribution in [0, 0.1) is 16.0 Å². The third-order valence-electron chi connectivity index (χ3n) is 3.54. The van der Waals surface area contributed by atoms with Gasteiger partial charge in [-0.05, 0) is 29.8 Å². The molecule has 0 radical (unpaired) electrons. The average molecular weight is 301 g/mol. The summed E-state index contributed by atoms with van der Waals surface area (Å²) in [6.07, 6.45) is 0.582. The van der Waals surface area contributed by atoms with E-state index in [-0.39, 0.29) is 23.7 Å². The first-order chi connectivity index (χ1) is 10.6. The maximum atomic E-state index is 12.4. The fourth-order valence-electron chi connectivity index (χ4n) is 2.48. The first kappa shape index (κ1) is 14.0. The van der Waals surface area contributed by atoms with Gasteiger partial charge in [-0.2, -0.15) is 0 Å². The van der Waals surface area contributed by atoms with Crippen molar-refractivity contribution in [2.45, 2.75) is 12.5 Å². The number of hydrogen-bond acceptors (Lipinski definition) is 6. The summed E-state index contributed by atoms with van der Waals surface area (Å²) in [5.41, 5.74) is 0.475. The number of non-ortho nitro benzene ring substituents is 1. The molecule has 0 unspecified atom stereocenters. The Kier molecular flexibility index (Phi) is 3.46. The number of nitro benzene ring substituents is 1. The van der Waals surface area contributed by atoms with Crippen LogP contribution in [0.4, 0.5) is 5.69 Å². The highest BCUT2D eigenvalue weighted by Gasteiger charge is 2.42. The van der Waals surface area contributed by atoms with E-state index >= 15 is 0 Å². The summed E-state index contributed by atoms with van der Waals surface area (Å²) in [5, 5.41) is 10.7. The molecule has 2 heterocycles. The summed E-state index contributed by atoms with van der Waals surface area (Å²) in [5.74, 6) is -1.33. The largest absolute Gasteiger partial charge is 0.461 e. The molecule has 0 aliphatic carbocycles. The Hall–Kier alpha value is -2.96. The van der Waals surface area contributed by atoms with Gasteiger partial charge in [0.25, 0.3) is 5.69 Å². The third kappa shape index (κ3) is 2.48. The zero-order valence-corrected chi connectivity index (χ0v) is 11.3. The number of Topliss-reactive ketones (excluding diaryl/α,β-unsaturated/α-hetero) is 1. The van der Waals surface area contributed by atoms with Crippen molar-refractivity contribution in [2.24, 2.45) is 5.92 Å². The Bertz CT molecular complexity index is 719. The number of furan rings is 1.